The van der Waals surface area contributed by atoms with Gasteiger partial charge in [-0.1, -0.05) is 30.3 Å². The fourth-order valence-electron chi connectivity index (χ4n) is 1.90. The van der Waals surface area contributed by atoms with Crippen LogP contribution >= 0.6 is 0 Å². The van der Waals surface area contributed by atoms with Gasteiger partial charge in [0.2, 0.25) is 10.0 Å². The minimum atomic E-state index is -3.58. The average molecular weight is 335 g/mol. The summed E-state index contributed by atoms with van der Waals surface area (Å²) < 4.78 is 21.4. The number of hydrogen-bond acceptors (Lipinski definition) is 4. The van der Waals surface area contributed by atoms with Crippen LogP contribution < -0.4 is 10.9 Å². The van der Waals surface area contributed by atoms with Crippen molar-refractivity contribution in [2.24, 2.45) is 5.14 Å². The molecule has 2 aromatic carbocycles. The van der Waals surface area contributed by atoms with Crippen LogP contribution in [-0.2, 0) is 16.4 Å². The molecule has 5 nitrogen and oxygen atoms in total. The maximum atomic E-state index is 10.7. The number of rotatable bonds is 5. The monoisotopic (exact) mass is 335 g/mol. The molecule has 0 aromatic heterocycles. The second-order valence-electron chi connectivity index (χ2n) is 5.51. The Balaban J connectivity index is 0.000000231. The lowest BCUT2D eigenvalue weighted by Gasteiger charge is -2.08. The molecule has 0 unspecified atom stereocenters. The molecule has 0 heterocycles. The Morgan fingerprint density at radius 3 is 2.00 bits per heavy atom. The highest BCUT2D eigenvalue weighted by Gasteiger charge is 2.05. The second kappa shape index (κ2) is 9.29. The van der Waals surface area contributed by atoms with Crippen molar-refractivity contribution in [1.29, 1.82) is 0 Å². The number of nitrogen functional groups attached to an aromatic ring is 1. The van der Waals surface area contributed by atoms with E-state index in [1.54, 1.807) is 0 Å². The predicted molar refractivity (Wildman–Crippen MR) is 95.5 cm³/mol. The maximum absolute atomic E-state index is 10.7. The van der Waals surface area contributed by atoms with Crippen LogP contribution in [0.3, 0.4) is 0 Å². The van der Waals surface area contributed by atoms with Gasteiger partial charge in [0.1, 0.15) is 0 Å². The summed E-state index contributed by atoms with van der Waals surface area (Å²) in [5.74, 6) is 0. The zero-order valence-electron chi connectivity index (χ0n) is 13.6. The van der Waals surface area contributed by atoms with Gasteiger partial charge in [0.15, 0.2) is 0 Å². The summed E-state index contributed by atoms with van der Waals surface area (Å²) in [5.41, 5.74) is 7.29. The lowest BCUT2D eigenvalue weighted by Crippen LogP contribution is -2.13. The number of benzene rings is 2. The molecule has 0 saturated carbocycles. The Bertz CT molecular complexity index is 669. The van der Waals surface area contributed by atoms with Crippen LogP contribution in [-0.4, -0.2) is 34.0 Å². The Labute approximate surface area is 139 Å². The average Bonchev–Trinajstić information content (AvgIpc) is 2.48. The van der Waals surface area contributed by atoms with E-state index in [9.17, 15) is 8.42 Å². The number of nitrogens with zero attached hydrogens (tertiary/aromatic N) is 1. The third kappa shape index (κ3) is 8.35. The van der Waals surface area contributed by atoms with Crippen LogP contribution in [0.5, 0.6) is 0 Å². The first kappa shape index (κ1) is 19.2. The number of aryl methyl sites for hydroxylation is 1. The van der Waals surface area contributed by atoms with Gasteiger partial charge in [-0.25, -0.2) is 13.6 Å². The van der Waals surface area contributed by atoms with Gasteiger partial charge >= 0.3 is 0 Å². The van der Waals surface area contributed by atoms with E-state index in [1.807, 2.05) is 0 Å². The molecule has 126 valence electrons. The quantitative estimate of drug-likeness (QED) is 0.819. The van der Waals surface area contributed by atoms with E-state index in [0.29, 0.717) is 5.69 Å². The molecule has 0 aliphatic heterocycles. The first-order valence-corrected chi connectivity index (χ1v) is 8.90. The topological polar surface area (TPSA) is 89.4 Å². The summed E-state index contributed by atoms with van der Waals surface area (Å²) in [7, 11) is 0.657. The van der Waals surface area contributed by atoms with Gasteiger partial charge in [-0.15, -0.1) is 0 Å². The fourth-order valence-corrected chi connectivity index (χ4v) is 2.42. The molecule has 0 aliphatic carbocycles. The SMILES string of the molecule is CN(C)CCCc1ccccc1.Nc1ccc(S(N)(=O)=O)cc1. The van der Waals surface area contributed by atoms with Crippen LogP contribution in [0.2, 0.25) is 0 Å². The Morgan fingerprint density at radius 2 is 1.52 bits per heavy atom. The number of hydrogen-bond donors (Lipinski definition) is 2. The highest BCUT2D eigenvalue weighted by Crippen LogP contribution is 2.08. The molecule has 2 aromatic rings. The van der Waals surface area contributed by atoms with Crippen molar-refractivity contribution >= 4 is 15.7 Å². The Kier molecular flexibility index (Phi) is 7.74. The van der Waals surface area contributed by atoms with E-state index in [4.69, 9.17) is 10.9 Å². The van der Waals surface area contributed by atoms with Gasteiger partial charge in [0, 0.05) is 5.69 Å². The molecule has 0 aliphatic rings. The molecule has 0 spiro atoms. The molecule has 0 bridgehead atoms. The number of anilines is 1. The maximum Gasteiger partial charge on any atom is 0.238 e. The molecule has 0 amide bonds. The van der Waals surface area contributed by atoms with Crippen molar-refractivity contribution in [2.75, 3.05) is 26.4 Å². The van der Waals surface area contributed by atoms with Gasteiger partial charge in [-0.2, -0.15) is 0 Å². The molecule has 0 fully saturated rings. The number of primary sulfonamides is 1. The molecule has 6 heteroatoms. The normalized spacial score (nSPS) is 11.0. The van der Waals surface area contributed by atoms with E-state index >= 15 is 0 Å². The van der Waals surface area contributed by atoms with Crippen molar-refractivity contribution in [3.05, 3.63) is 60.2 Å². The smallest absolute Gasteiger partial charge is 0.238 e. The van der Waals surface area contributed by atoms with Crippen LogP contribution in [0.4, 0.5) is 5.69 Å². The van der Waals surface area contributed by atoms with Gasteiger partial charge in [-0.05, 0) is 63.3 Å². The molecular formula is C17H25N3O2S. The largest absolute Gasteiger partial charge is 0.399 e. The summed E-state index contributed by atoms with van der Waals surface area (Å²) in [6.45, 7) is 1.18. The van der Waals surface area contributed by atoms with Gasteiger partial charge < -0.3 is 10.6 Å². The first-order valence-electron chi connectivity index (χ1n) is 7.36. The third-order valence-corrected chi connectivity index (χ3v) is 4.05. The third-order valence-electron chi connectivity index (χ3n) is 3.12. The van der Waals surface area contributed by atoms with E-state index in [0.717, 1.165) is 0 Å². The minimum Gasteiger partial charge on any atom is -0.399 e. The van der Waals surface area contributed by atoms with Crippen molar-refractivity contribution in [1.82, 2.24) is 4.90 Å². The van der Waals surface area contributed by atoms with Gasteiger partial charge in [-0.3, -0.25) is 0 Å². The summed E-state index contributed by atoms with van der Waals surface area (Å²) >= 11 is 0. The number of sulfonamides is 1. The summed E-state index contributed by atoms with van der Waals surface area (Å²) in [6, 6.07) is 16.4. The van der Waals surface area contributed by atoms with Crippen molar-refractivity contribution in [3.8, 4) is 0 Å². The minimum absolute atomic E-state index is 0.0756. The fraction of sp³-hybridized carbons (Fsp3) is 0.294. The van der Waals surface area contributed by atoms with Crippen molar-refractivity contribution < 1.29 is 8.42 Å². The standard InChI is InChI=1S/C11H17N.C6H8N2O2S/c1-12(2)10-6-9-11-7-4-3-5-8-11;7-5-1-3-6(4-2-5)11(8,9)10/h3-5,7-8H,6,9-10H2,1-2H3;1-4H,7H2,(H2,8,9,10). The highest BCUT2D eigenvalue weighted by molar-refractivity contribution is 7.89. The predicted octanol–water partition coefficient (Wildman–Crippen LogP) is 2.10. The Morgan fingerprint density at radius 1 is 0.957 bits per heavy atom. The summed E-state index contributed by atoms with van der Waals surface area (Å²) in [5, 5.41) is 4.84. The van der Waals surface area contributed by atoms with Crippen LogP contribution in [0.1, 0.15) is 12.0 Å². The molecule has 2 rings (SSSR count). The number of nitrogens with two attached hydrogens (primary N) is 2. The van der Waals surface area contributed by atoms with Gasteiger partial charge in [0.05, 0.1) is 4.90 Å². The zero-order valence-corrected chi connectivity index (χ0v) is 14.5. The second-order valence-corrected chi connectivity index (χ2v) is 7.07. The molecule has 0 radical (unpaired) electrons. The van der Waals surface area contributed by atoms with Crippen molar-refractivity contribution in [3.63, 3.8) is 0 Å². The Hall–Kier alpha value is -1.89. The van der Waals surface area contributed by atoms with E-state index in [2.05, 4.69) is 49.3 Å². The molecule has 0 saturated heterocycles. The highest BCUT2D eigenvalue weighted by atomic mass is 32.2. The van der Waals surface area contributed by atoms with E-state index < -0.39 is 10.0 Å². The molecular weight excluding hydrogens is 310 g/mol. The lowest BCUT2D eigenvalue weighted by molar-refractivity contribution is 0.400. The van der Waals surface area contributed by atoms with Crippen LogP contribution in [0, 0.1) is 0 Å². The van der Waals surface area contributed by atoms with Gasteiger partial charge in [0.25, 0.3) is 0 Å². The lowest BCUT2D eigenvalue weighted by atomic mass is 10.1. The van der Waals surface area contributed by atoms with E-state index in [1.165, 1.54) is 49.2 Å². The van der Waals surface area contributed by atoms with Crippen LogP contribution in [0.15, 0.2) is 59.5 Å². The summed E-state index contributed by atoms with van der Waals surface area (Å²) in [6.07, 6.45) is 2.44. The molecule has 23 heavy (non-hydrogen) atoms. The van der Waals surface area contributed by atoms with Crippen molar-refractivity contribution in [2.45, 2.75) is 17.7 Å². The molecule has 4 N–H and O–H groups in total. The first-order chi connectivity index (χ1) is 10.8. The van der Waals surface area contributed by atoms with Crippen LogP contribution in [0.25, 0.3) is 0 Å². The molecule has 0 atom stereocenters. The zero-order chi connectivity index (χ0) is 17.3. The van der Waals surface area contributed by atoms with E-state index in [-0.39, 0.29) is 4.90 Å². The summed E-state index contributed by atoms with van der Waals surface area (Å²) in [4.78, 5) is 2.30.